The van der Waals surface area contributed by atoms with Crippen molar-refractivity contribution in [2.75, 3.05) is 7.11 Å². The van der Waals surface area contributed by atoms with Crippen LogP contribution in [0.3, 0.4) is 0 Å². The molecule has 0 aliphatic carbocycles. The summed E-state index contributed by atoms with van der Waals surface area (Å²) >= 11 is 3.42. The molecule has 2 aromatic rings. The third-order valence-electron chi connectivity index (χ3n) is 4.88. The van der Waals surface area contributed by atoms with Gasteiger partial charge in [-0.25, -0.2) is 0 Å². The second kappa shape index (κ2) is 8.05. The van der Waals surface area contributed by atoms with E-state index in [2.05, 4.69) is 15.9 Å². The number of rotatable bonds is 5. The van der Waals surface area contributed by atoms with E-state index in [9.17, 15) is 14.4 Å². The van der Waals surface area contributed by atoms with Crippen LogP contribution in [0.25, 0.3) is 0 Å². The fraction of sp³-hybridized carbons (Fsp3) is 0.286. The molecule has 1 aliphatic rings. The van der Waals surface area contributed by atoms with Crippen LogP contribution in [0.15, 0.2) is 53.0 Å². The van der Waals surface area contributed by atoms with Gasteiger partial charge in [0.05, 0.1) is 7.11 Å². The van der Waals surface area contributed by atoms with E-state index in [1.54, 1.807) is 42.5 Å². The predicted molar refractivity (Wildman–Crippen MR) is 103 cm³/mol. The maximum absolute atomic E-state index is 13.2. The first-order valence-corrected chi connectivity index (χ1v) is 9.45. The summed E-state index contributed by atoms with van der Waals surface area (Å²) in [5.74, 6) is -3.56. The van der Waals surface area contributed by atoms with Crippen LogP contribution in [-0.2, 0) is 14.3 Å². The van der Waals surface area contributed by atoms with Gasteiger partial charge in [-0.15, -0.1) is 0 Å². The quantitative estimate of drug-likeness (QED) is 0.308. The maximum atomic E-state index is 13.2. The number of benzene rings is 2. The van der Waals surface area contributed by atoms with Crippen LogP contribution < -0.4 is 4.74 Å². The second-order valence-corrected chi connectivity index (χ2v) is 7.29. The van der Waals surface area contributed by atoms with Crippen molar-refractivity contribution in [1.29, 1.82) is 0 Å². The standard InChI is InChI=1S/C21H19BrO5/c1-3-14(19(23)12-7-5-4-6-8-12)17-15-11-13(22)9-10-16(15)27-21(25)18(17)20(24)26-2/h4-11,14,17-18H,3H2,1-2H3/t14-,17+,18+/m0/s1. The van der Waals surface area contributed by atoms with Gasteiger partial charge in [-0.05, 0) is 24.6 Å². The lowest BCUT2D eigenvalue weighted by molar-refractivity contribution is -0.158. The highest BCUT2D eigenvalue weighted by Crippen LogP contribution is 2.45. The Morgan fingerprint density at radius 2 is 1.89 bits per heavy atom. The fourth-order valence-electron chi connectivity index (χ4n) is 3.61. The molecule has 0 saturated carbocycles. The zero-order valence-electron chi connectivity index (χ0n) is 15.0. The van der Waals surface area contributed by atoms with Crippen molar-refractivity contribution in [3.8, 4) is 5.75 Å². The first-order valence-electron chi connectivity index (χ1n) is 8.66. The second-order valence-electron chi connectivity index (χ2n) is 6.37. The summed E-state index contributed by atoms with van der Waals surface area (Å²) < 4.78 is 11.0. The number of methoxy groups -OCH3 is 1. The number of esters is 2. The Balaban J connectivity index is 2.14. The van der Waals surface area contributed by atoms with E-state index >= 15 is 0 Å². The summed E-state index contributed by atoms with van der Waals surface area (Å²) in [6.45, 7) is 1.87. The molecule has 0 bridgehead atoms. The van der Waals surface area contributed by atoms with E-state index in [1.165, 1.54) is 7.11 Å². The van der Waals surface area contributed by atoms with E-state index in [-0.39, 0.29) is 5.78 Å². The smallest absolute Gasteiger partial charge is 0.326 e. The van der Waals surface area contributed by atoms with E-state index in [1.807, 2.05) is 13.0 Å². The molecule has 5 nitrogen and oxygen atoms in total. The van der Waals surface area contributed by atoms with E-state index in [0.29, 0.717) is 23.3 Å². The molecule has 1 heterocycles. The summed E-state index contributed by atoms with van der Waals surface area (Å²) in [6, 6.07) is 14.1. The molecule has 27 heavy (non-hydrogen) atoms. The lowest BCUT2D eigenvalue weighted by atomic mass is 9.71. The fourth-order valence-corrected chi connectivity index (χ4v) is 3.99. The highest BCUT2D eigenvalue weighted by molar-refractivity contribution is 9.10. The van der Waals surface area contributed by atoms with Crippen molar-refractivity contribution in [3.63, 3.8) is 0 Å². The number of Topliss-reactive ketones (excluding diaryl/α,β-unsaturated/α-hetero) is 1. The van der Waals surface area contributed by atoms with Crippen LogP contribution >= 0.6 is 15.9 Å². The summed E-state index contributed by atoms with van der Waals surface area (Å²) in [4.78, 5) is 38.2. The molecule has 0 unspecified atom stereocenters. The average Bonchev–Trinajstić information content (AvgIpc) is 2.69. The highest BCUT2D eigenvalue weighted by Gasteiger charge is 2.48. The van der Waals surface area contributed by atoms with Crippen LogP contribution in [0.2, 0.25) is 0 Å². The minimum Gasteiger partial charge on any atom is -0.468 e. The molecule has 6 heteroatoms. The highest BCUT2D eigenvalue weighted by atomic mass is 79.9. The summed E-state index contributed by atoms with van der Waals surface area (Å²) in [7, 11) is 1.23. The number of carbonyl (C=O) groups is 3. The minimum atomic E-state index is -1.19. The van der Waals surface area contributed by atoms with Crippen LogP contribution in [-0.4, -0.2) is 24.8 Å². The van der Waals surface area contributed by atoms with Crippen molar-refractivity contribution in [3.05, 3.63) is 64.1 Å². The predicted octanol–water partition coefficient (Wildman–Crippen LogP) is 4.15. The Kier molecular flexibility index (Phi) is 5.75. The minimum absolute atomic E-state index is 0.113. The SMILES string of the molecule is CC[C@H](C(=O)c1ccccc1)[C@@H]1c2cc(Br)ccc2OC(=O)[C@H]1C(=O)OC. The Hall–Kier alpha value is -2.47. The van der Waals surface area contributed by atoms with Gasteiger partial charge in [0.2, 0.25) is 0 Å². The molecule has 0 spiro atoms. The van der Waals surface area contributed by atoms with Gasteiger partial charge >= 0.3 is 11.9 Å². The Morgan fingerprint density at radius 3 is 2.52 bits per heavy atom. The molecule has 0 saturated heterocycles. The molecule has 0 radical (unpaired) electrons. The van der Waals surface area contributed by atoms with Gasteiger partial charge in [0, 0.05) is 27.4 Å². The van der Waals surface area contributed by atoms with E-state index in [4.69, 9.17) is 9.47 Å². The summed E-state index contributed by atoms with van der Waals surface area (Å²) in [5.41, 5.74) is 1.19. The molecule has 3 atom stereocenters. The van der Waals surface area contributed by atoms with Crippen LogP contribution in [0, 0.1) is 11.8 Å². The normalized spacial score (nSPS) is 19.6. The number of ether oxygens (including phenoxy) is 2. The number of hydrogen-bond acceptors (Lipinski definition) is 5. The number of hydrogen-bond donors (Lipinski definition) is 0. The van der Waals surface area contributed by atoms with Crippen LogP contribution in [0.5, 0.6) is 5.75 Å². The first-order chi connectivity index (χ1) is 13.0. The lowest BCUT2D eigenvalue weighted by Crippen LogP contribution is -2.42. The van der Waals surface area contributed by atoms with Crippen molar-refractivity contribution >= 4 is 33.7 Å². The maximum Gasteiger partial charge on any atom is 0.326 e. The molecule has 0 amide bonds. The largest absolute Gasteiger partial charge is 0.468 e. The molecular formula is C21H19BrO5. The first kappa shape index (κ1) is 19.3. The Labute approximate surface area is 165 Å². The number of carbonyl (C=O) groups excluding carboxylic acids is 3. The zero-order chi connectivity index (χ0) is 19.6. The molecule has 0 fully saturated rings. The molecule has 0 N–H and O–H groups in total. The van der Waals surface area contributed by atoms with Crippen molar-refractivity contribution in [2.24, 2.45) is 11.8 Å². The van der Waals surface area contributed by atoms with Gasteiger partial charge in [0.15, 0.2) is 11.7 Å². The molecule has 140 valence electrons. The molecule has 0 aromatic heterocycles. The Morgan fingerprint density at radius 1 is 1.19 bits per heavy atom. The van der Waals surface area contributed by atoms with Crippen molar-refractivity contribution in [2.45, 2.75) is 19.3 Å². The van der Waals surface area contributed by atoms with E-state index in [0.717, 1.165) is 4.47 Å². The van der Waals surface area contributed by atoms with Gasteiger partial charge in [0.1, 0.15) is 5.75 Å². The third kappa shape index (κ3) is 3.67. The number of ketones is 1. The summed E-state index contributed by atoms with van der Waals surface area (Å²) in [6.07, 6.45) is 0.463. The van der Waals surface area contributed by atoms with E-state index < -0.39 is 29.7 Å². The average molecular weight is 431 g/mol. The van der Waals surface area contributed by atoms with Gasteiger partial charge in [-0.1, -0.05) is 53.2 Å². The van der Waals surface area contributed by atoms with Gasteiger partial charge in [-0.3, -0.25) is 14.4 Å². The Bertz CT molecular complexity index is 877. The lowest BCUT2D eigenvalue weighted by Gasteiger charge is -2.34. The van der Waals surface area contributed by atoms with Crippen molar-refractivity contribution in [1.82, 2.24) is 0 Å². The third-order valence-corrected chi connectivity index (χ3v) is 5.37. The van der Waals surface area contributed by atoms with Crippen LogP contribution in [0.4, 0.5) is 0 Å². The monoisotopic (exact) mass is 430 g/mol. The van der Waals surface area contributed by atoms with Crippen LogP contribution in [0.1, 0.15) is 35.2 Å². The molecule has 1 aliphatic heterocycles. The van der Waals surface area contributed by atoms with Gasteiger partial charge in [-0.2, -0.15) is 0 Å². The summed E-state index contributed by atoms with van der Waals surface area (Å²) in [5, 5.41) is 0. The number of fused-ring (bicyclic) bond motifs is 1. The molecule has 3 rings (SSSR count). The number of halogens is 1. The van der Waals surface area contributed by atoms with Gasteiger partial charge < -0.3 is 9.47 Å². The molecule has 2 aromatic carbocycles. The topological polar surface area (TPSA) is 69.7 Å². The molecular weight excluding hydrogens is 412 g/mol. The zero-order valence-corrected chi connectivity index (χ0v) is 16.6. The van der Waals surface area contributed by atoms with Gasteiger partial charge in [0.25, 0.3) is 0 Å². The van der Waals surface area contributed by atoms with Crippen molar-refractivity contribution < 1.29 is 23.9 Å².